The molecule has 0 aliphatic carbocycles. The van der Waals surface area contributed by atoms with E-state index in [1.54, 1.807) is 60.0 Å². The van der Waals surface area contributed by atoms with E-state index in [9.17, 15) is 48.3 Å². The van der Waals surface area contributed by atoms with E-state index in [4.69, 9.17) is 9.47 Å². The van der Waals surface area contributed by atoms with Crippen molar-refractivity contribution in [2.24, 2.45) is 0 Å². The first-order valence-electron chi connectivity index (χ1n) is 24.8. The van der Waals surface area contributed by atoms with Gasteiger partial charge in [0.25, 0.3) is 11.8 Å². The average molecular weight is 1060 g/mol. The lowest BCUT2D eigenvalue weighted by Crippen LogP contribution is -2.60. The number of rotatable bonds is 15. The van der Waals surface area contributed by atoms with Crippen molar-refractivity contribution >= 4 is 70.4 Å². The molecule has 18 nitrogen and oxygen atoms in total. The number of carboxylic acid groups (broad SMARTS) is 1. The molecule has 2 bridgehead atoms. The van der Waals surface area contributed by atoms with E-state index in [0.29, 0.717) is 21.6 Å². The molecule has 5 aromatic carbocycles. The molecule has 8 rings (SSSR count). The van der Waals surface area contributed by atoms with Crippen molar-refractivity contribution in [3.05, 3.63) is 184 Å². The molecule has 3 heterocycles. The number of carboxylic acids is 1. The van der Waals surface area contributed by atoms with Gasteiger partial charge < -0.3 is 46.5 Å². The molecule has 0 radical (unpaired) electrons. The predicted molar refractivity (Wildman–Crippen MR) is 286 cm³/mol. The Kier molecular flexibility index (Phi) is 19.6. The van der Waals surface area contributed by atoms with Gasteiger partial charge in [0.15, 0.2) is 0 Å². The third kappa shape index (κ3) is 16.5. The van der Waals surface area contributed by atoms with Gasteiger partial charge in [0.1, 0.15) is 30.2 Å². The molecular formula is C58H58N6O12S. The van der Waals surface area contributed by atoms with Crippen LogP contribution in [0.2, 0.25) is 0 Å². The van der Waals surface area contributed by atoms with E-state index >= 15 is 0 Å². The summed E-state index contributed by atoms with van der Waals surface area (Å²) in [5.74, 6) is -9.03. The van der Waals surface area contributed by atoms with Crippen molar-refractivity contribution in [3.8, 4) is 11.1 Å². The van der Waals surface area contributed by atoms with E-state index in [0.717, 1.165) is 30.5 Å². The van der Waals surface area contributed by atoms with E-state index < -0.39 is 95.8 Å². The van der Waals surface area contributed by atoms with Crippen LogP contribution in [-0.2, 0) is 84.7 Å². The molecule has 398 valence electrons. The van der Waals surface area contributed by atoms with Crippen molar-refractivity contribution in [1.29, 1.82) is 0 Å². The van der Waals surface area contributed by atoms with Gasteiger partial charge >= 0.3 is 17.9 Å². The highest BCUT2D eigenvalue weighted by Gasteiger charge is 2.42. The fourth-order valence-electron chi connectivity index (χ4n) is 8.61. The minimum absolute atomic E-state index is 0.000611. The quantitative estimate of drug-likeness (QED) is 0.0548. The van der Waals surface area contributed by atoms with Gasteiger partial charge in [0.2, 0.25) is 35.8 Å². The van der Waals surface area contributed by atoms with Crippen LogP contribution in [0.5, 0.6) is 0 Å². The highest BCUT2D eigenvalue weighted by atomic mass is 32.1. The number of benzene rings is 5. The predicted octanol–water partition coefficient (Wildman–Crippen LogP) is 4.64. The SMILES string of the molecule is CC(=O)O[C@H]1C(=O)Nc2ccc(cc2)C[C@H](C(=O)N[C@@H](Cc2ccccc2)C(=O)O)NC(=O)[C@H](CCc2ccccc2)NC(=O)[C@@H](Cc2ccc(-c3ccccc3)cc2)NC(=O)[C@H](Cc2cccs2)NC(=O)[C@@H]1OC(C)=O. The van der Waals surface area contributed by atoms with E-state index in [2.05, 4.69) is 31.9 Å². The summed E-state index contributed by atoms with van der Waals surface area (Å²) in [4.78, 5) is 126. The number of hydrogen-bond acceptors (Lipinski definition) is 12. The number of amides is 6. The van der Waals surface area contributed by atoms with E-state index in [-0.39, 0.29) is 44.2 Å². The van der Waals surface area contributed by atoms with Crippen LogP contribution < -0.4 is 31.9 Å². The van der Waals surface area contributed by atoms with Crippen LogP contribution >= 0.6 is 11.3 Å². The Hall–Kier alpha value is -8.97. The van der Waals surface area contributed by atoms with Gasteiger partial charge in [0, 0.05) is 50.1 Å². The second-order valence-corrected chi connectivity index (χ2v) is 19.4. The Labute approximate surface area is 448 Å². The summed E-state index contributed by atoms with van der Waals surface area (Å²) in [5, 5.41) is 28.1. The smallest absolute Gasteiger partial charge is 0.326 e. The highest BCUT2D eigenvalue weighted by molar-refractivity contribution is 7.09. The Bertz CT molecular complexity index is 3020. The minimum Gasteiger partial charge on any atom is -0.480 e. The van der Waals surface area contributed by atoms with Gasteiger partial charge in [-0.05, 0) is 69.8 Å². The van der Waals surface area contributed by atoms with Gasteiger partial charge in [0.05, 0.1) is 0 Å². The van der Waals surface area contributed by atoms with Crippen LogP contribution in [0.15, 0.2) is 157 Å². The summed E-state index contributed by atoms with van der Waals surface area (Å²) < 4.78 is 10.7. The molecule has 7 atom stereocenters. The highest BCUT2D eigenvalue weighted by Crippen LogP contribution is 2.22. The lowest BCUT2D eigenvalue weighted by atomic mass is 9.98. The Morgan fingerprint density at radius 1 is 0.571 bits per heavy atom. The van der Waals surface area contributed by atoms with Gasteiger partial charge in [-0.3, -0.25) is 38.4 Å². The second kappa shape index (κ2) is 27.0. The molecule has 6 amide bonds. The number of thiophene rings is 1. The number of nitrogens with one attached hydrogen (secondary N) is 6. The molecule has 0 saturated carbocycles. The van der Waals surface area contributed by atoms with Crippen molar-refractivity contribution in [2.45, 2.75) is 94.8 Å². The second-order valence-electron chi connectivity index (χ2n) is 18.4. The van der Waals surface area contributed by atoms with Crippen LogP contribution in [-0.4, -0.2) is 101 Å². The van der Waals surface area contributed by atoms with Crippen molar-refractivity contribution < 1.29 is 57.7 Å². The maximum absolute atomic E-state index is 15.0. The Balaban J connectivity index is 1.31. The molecule has 2 aliphatic heterocycles. The molecule has 6 aromatic rings. The third-order valence-electron chi connectivity index (χ3n) is 12.5. The zero-order chi connectivity index (χ0) is 54.8. The topological polar surface area (TPSA) is 264 Å². The van der Waals surface area contributed by atoms with Crippen LogP contribution in [0.25, 0.3) is 11.1 Å². The number of ether oxygens (including phenoxy) is 2. The Morgan fingerprint density at radius 2 is 1.10 bits per heavy atom. The number of carbonyl (C=O) groups excluding carboxylic acids is 8. The summed E-state index contributed by atoms with van der Waals surface area (Å²) in [6.45, 7) is 1.96. The standard InChI is InChI=1S/C58H58N6O12S/c1-35(65)75-50-51(76-36(2)66)57(72)63-48(34-44-19-12-30-77-44)55(70)62-46(31-39-20-25-42(26-21-39)41-17-10-5-11-18-41)53(68)60-45(29-24-37-13-6-3-7-14-37)52(67)61-47(32-40-22-27-43(28-23-40)59-56(50)71)54(69)64-49(58(73)74)33-38-15-8-4-9-16-38/h3-23,25-28,30,45-51H,24,29,31-34H2,1-2H3,(H,59,71)(H,60,68)(H,61,67)(H,62,70)(H,63,72)(H,64,69)(H,73,74)/t45-,46+,47+,48-,49-,50+,51+/m0/s1. The molecule has 0 unspecified atom stereocenters. The summed E-state index contributed by atoms with van der Waals surface area (Å²) >= 11 is 1.26. The molecule has 1 aromatic heterocycles. The maximum atomic E-state index is 15.0. The number of carbonyl (C=O) groups is 9. The zero-order valence-corrected chi connectivity index (χ0v) is 43.0. The molecule has 0 fully saturated rings. The lowest BCUT2D eigenvalue weighted by molar-refractivity contribution is -0.173. The third-order valence-corrected chi connectivity index (χ3v) is 13.4. The van der Waals surface area contributed by atoms with Crippen LogP contribution in [0.1, 0.15) is 47.4 Å². The van der Waals surface area contributed by atoms with Gasteiger partial charge in [-0.25, -0.2) is 4.79 Å². The number of aryl methyl sites for hydroxylation is 1. The van der Waals surface area contributed by atoms with Crippen molar-refractivity contribution in [3.63, 3.8) is 0 Å². The largest absolute Gasteiger partial charge is 0.480 e. The van der Waals surface area contributed by atoms with Crippen LogP contribution in [0.4, 0.5) is 5.69 Å². The van der Waals surface area contributed by atoms with Gasteiger partial charge in [-0.1, -0.05) is 133 Å². The number of aliphatic carboxylic acids is 1. The first-order valence-corrected chi connectivity index (χ1v) is 25.7. The fraction of sp³-hybridized carbons (Fsp3) is 0.259. The summed E-state index contributed by atoms with van der Waals surface area (Å²) in [7, 11) is 0. The monoisotopic (exact) mass is 1060 g/mol. The van der Waals surface area contributed by atoms with Crippen LogP contribution in [0, 0.1) is 0 Å². The number of anilines is 1. The van der Waals surface area contributed by atoms with E-state index in [1.165, 1.54) is 35.6 Å². The molecule has 0 saturated heterocycles. The number of esters is 2. The average Bonchev–Trinajstić information content (AvgIpc) is 3.94. The summed E-state index contributed by atoms with van der Waals surface area (Å²) in [6, 6.07) is 36.8. The van der Waals surface area contributed by atoms with Crippen LogP contribution in [0.3, 0.4) is 0 Å². The maximum Gasteiger partial charge on any atom is 0.326 e. The first kappa shape index (κ1) is 55.8. The van der Waals surface area contributed by atoms with E-state index in [1.807, 2.05) is 72.8 Å². The Morgan fingerprint density at radius 3 is 1.69 bits per heavy atom. The summed E-state index contributed by atoms with van der Waals surface area (Å²) in [6.07, 6.45) is -4.56. The molecule has 0 spiro atoms. The molecule has 19 heteroatoms. The normalized spacial score (nSPS) is 19.8. The lowest BCUT2D eigenvalue weighted by Gasteiger charge is -2.28. The van der Waals surface area contributed by atoms with Gasteiger partial charge in [-0.2, -0.15) is 0 Å². The van der Waals surface area contributed by atoms with Crippen molar-refractivity contribution in [1.82, 2.24) is 26.6 Å². The minimum atomic E-state index is -2.14. The number of fused-ring (bicyclic) bond motifs is 18. The van der Waals surface area contributed by atoms with Gasteiger partial charge in [-0.15, -0.1) is 11.3 Å². The summed E-state index contributed by atoms with van der Waals surface area (Å²) in [5.41, 5.74) is 4.36. The molecule has 2 aliphatic rings. The molecule has 77 heavy (non-hydrogen) atoms. The van der Waals surface area contributed by atoms with Crippen molar-refractivity contribution in [2.75, 3.05) is 5.32 Å². The molecule has 7 N–H and O–H groups in total. The first-order chi connectivity index (χ1) is 37.1. The zero-order valence-electron chi connectivity index (χ0n) is 42.1. The number of hydrogen-bond donors (Lipinski definition) is 7. The fourth-order valence-corrected chi connectivity index (χ4v) is 9.36. The molecular weight excluding hydrogens is 1000 g/mol.